The zero-order valence-corrected chi connectivity index (χ0v) is 12.4. The summed E-state index contributed by atoms with van der Waals surface area (Å²) in [5, 5.41) is 0.116. The zero-order chi connectivity index (χ0) is 12.3. The van der Waals surface area contributed by atoms with Gasteiger partial charge in [0.15, 0.2) is 0 Å². The van der Waals surface area contributed by atoms with E-state index >= 15 is 0 Å². The van der Waals surface area contributed by atoms with Crippen molar-refractivity contribution in [2.75, 3.05) is 6.61 Å². The van der Waals surface area contributed by atoms with Gasteiger partial charge in [0, 0.05) is 4.47 Å². The summed E-state index contributed by atoms with van der Waals surface area (Å²) in [4.78, 5) is 0. The highest BCUT2D eigenvalue weighted by Gasteiger charge is 2.23. The number of hydrogen-bond acceptors (Lipinski definition) is 1. The van der Waals surface area contributed by atoms with E-state index in [2.05, 4.69) is 22.0 Å². The van der Waals surface area contributed by atoms with Crippen molar-refractivity contribution in [2.45, 2.75) is 38.0 Å². The van der Waals surface area contributed by atoms with Gasteiger partial charge in [0.05, 0.1) is 12.0 Å². The van der Waals surface area contributed by atoms with Crippen molar-refractivity contribution in [2.24, 2.45) is 5.92 Å². The Kier molecular flexibility index (Phi) is 4.75. The number of hydrogen-bond donors (Lipinski definition) is 0. The lowest BCUT2D eigenvalue weighted by molar-refractivity contribution is 0.293. The van der Waals surface area contributed by atoms with Crippen LogP contribution < -0.4 is 4.74 Å². The van der Waals surface area contributed by atoms with Crippen molar-refractivity contribution in [3.8, 4) is 5.75 Å². The molecular formula is C14H18BrClO. The summed E-state index contributed by atoms with van der Waals surface area (Å²) in [5.74, 6) is 1.73. The van der Waals surface area contributed by atoms with Gasteiger partial charge in [0.2, 0.25) is 0 Å². The molecule has 1 saturated carbocycles. The highest BCUT2D eigenvalue weighted by Crippen LogP contribution is 2.40. The molecule has 0 saturated heterocycles. The van der Waals surface area contributed by atoms with Crippen LogP contribution in [0.3, 0.4) is 0 Å². The van der Waals surface area contributed by atoms with E-state index in [0.29, 0.717) is 6.61 Å². The first kappa shape index (κ1) is 13.2. The van der Waals surface area contributed by atoms with Crippen molar-refractivity contribution in [3.63, 3.8) is 0 Å². The minimum absolute atomic E-state index is 0.116. The van der Waals surface area contributed by atoms with Gasteiger partial charge >= 0.3 is 0 Å². The molecule has 1 aliphatic rings. The van der Waals surface area contributed by atoms with Gasteiger partial charge in [0.1, 0.15) is 5.75 Å². The van der Waals surface area contributed by atoms with E-state index in [9.17, 15) is 0 Å². The monoisotopic (exact) mass is 316 g/mol. The molecule has 0 N–H and O–H groups in total. The Morgan fingerprint density at radius 2 is 2.24 bits per heavy atom. The zero-order valence-electron chi connectivity index (χ0n) is 10.1. The molecule has 0 heterocycles. The standard InChI is InChI=1S/C14H18BrClO/c1-2-17-11-6-7-12(13(15)9-11)14(16)8-10-4-3-5-10/h6-7,9-10,14H,2-5,8H2,1H3. The lowest BCUT2D eigenvalue weighted by Gasteiger charge is -2.27. The molecule has 1 aromatic carbocycles. The van der Waals surface area contributed by atoms with Gasteiger partial charge in [-0.25, -0.2) is 0 Å². The Morgan fingerprint density at radius 1 is 1.47 bits per heavy atom. The van der Waals surface area contributed by atoms with Crippen LogP contribution in [0.1, 0.15) is 43.5 Å². The van der Waals surface area contributed by atoms with E-state index in [4.69, 9.17) is 16.3 Å². The Balaban J connectivity index is 2.03. The van der Waals surface area contributed by atoms with E-state index < -0.39 is 0 Å². The van der Waals surface area contributed by atoms with Crippen LogP contribution in [0, 0.1) is 5.92 Å². The first-order chi connectivity index (χ1) is 8.20. The molecule has 3 heteroatoms. The fraction of sp³-hybridized carbons (Fsp3) is 0.571. The molecular weight excluding hydrogens is 300 g/mol. The number of halogens is 2. The summed E-state index contributed by atoms with van der Waals surface area (Å²) in [6.07, 6.45) is 5.16. The summed E-state index contributed by atoms with van der Waals surface area (Å²) in [5.41, 5.74) is 1.18. The van der Waals surface area contributed by atoms with Gasteiger partial charge in [-0.3, -0.25) is 0 Å². The molecule has 1 fully saturated rings. The van der Waals surface area contributed by atoms with Gasteiger partial charge in [-0.05, 0) is 37.0 Å². The lowest BCUT2D eigenvalue weighted by Crippen LogP contribution is -2.13. The summed E-state index contributed by atoms with van der Waals surface area (Å²) in [7, 11) is 0. The molecule has 1 aliphatic carbocycles. The number of rotatable bonds is 5. The third-order valence-corrected chi connectivity index (χ3v) is 4.49. The number of benzene rings is 1. The first-order valence-corrected chi connectivity index (χ1v) is 7.50. The fourth-order valence-corrected chi connectivity index (χ4v) is 3.37. The normalized spacial score (nSPS) is 17.6. The highest BCUT2D eigenvalue weighted by atomic mass is 79.9. The van der Waals surface area contributed by atoms with Gasteiger partial charge in [-0.1, -0.05) is 41.3 Å². The lowest BCUT2D eigenvalue weighted by atomic mass is 9.81. The number of ether oxygens (including phenoxy) is 1. The molecule has 1 atom stereocenters. The molecule has 0 radical (unpaired) electrons. The summed E-state index contributed by atoms with van der Waals surface area (Å²) in [6, 6.07) is 6.08. The second-order valence-corrected chi connectivity index (χ2v) is 6.00. The van der Waals surface area contributed by atoms with Crippen LogP contribution >= 0.6 is 27.5 Å². The molecule has 1 aromatic rings. The minimum atomic E-state index is 0.116. The van der Waals surface area contributed by atoms with E-state index in [0.717, 1.165) is 22.6 Å². The molecule has 94 valence electrons. The summed E-state index contributed by atoms with van der Waals surface area (Å²) in [6.45, 7) is 2.68. The van der Waals surface area contributed by atoms with Crippen molar-refractivity contribution >= 4 is 27.5 Å². The smallest absolute Gasteiger partial charge is 0.120 e. The van der Waals surface area contributed by atoms with E-state index in [1.807, 2.05) is 19.1 Å². The number of alkyl halides is 1. The van der Waals surface area contributed by atoms with Crippen molar-refractivity contribution < 1.29 is 4.74 Å². The van der Waals surface area contributed by atoms with Gasteiger partial charge < -0.3 is 4.74 Å². The van der Waals surface area contributed by atoms with Crippen LogP contribution in [0.4, 0.5) is 0 Å². The predicted molar refractivity (Wildman–Crippen MR) is 75.9 cm³/mol. The van der Waals surface area contributed by atoms with Crippen LogP contribution in [-0.2, 0) is 0 Å². The van der Waals surface area contributed by atoms with Crippen LogP contribution in [-0.4, -0.2) is 6.61 Å². The summed E-state index contributed by atoms with van der Waals surface area (Å²) < 4.78 is 6.52. The molecule has 1 nitrogen and oxygen atoms in total. The van der Waals surface area contributed by atoms with Crippen molar-refractivity contribution in [3.05, 3.63) is 28.2 Å². The van der Waals surface area contributed by atoms with E-state index in [1.54, 1.807) is 0 Å². The SMILES string of the molecule is CCOc1ccc(C(Cl)CC2CCC2)c(Br)c1. The Hall–Kier alpha value is -0.210. The highest BCUT2D eigenvalue weighted by molar-refractivity contribution is 9.10. The van der Waals surface area contributed by atoms with Crippen LogP contribution in [0.25, 0.3) is 0 Å². The Morgan fingerprint density at radius 3 is 2.76 bits per heavy atom. The third kappa shape index (κ3) is 3.38. The maximum Gasteiger partial charge on any atom is 0.120 e. The fourth-order valence-electron chi connectivity index (χ4n) is 2.17. The topological polar surface area (TPSA) is 9.23 Å². The Bertz CT molecular complexity index is 376. The van der Waals surface area contributed by atoms with Crippen molar-refractivity contribution in [1.29, 1.82) is 0 Å². The maximum atomic E-state index is 6.48. The second kappa shape index (κ2) is 6.10. The van der Waals surface area contributed by atoms with E-state index in [1.165, 1.54) is 24.8 Å². The van der Waals surface area contributed by atoms with Gasteiger partial charge in [0.25, 0.3) is 0 Å². The first-order valence-electron chi connectivity index (χ1n) is 6.27. The van der Waals surface area contributed by atoms with Crippen LogP contribution in [0.2, 0.25) is 0 Å². The minimum Gasteiger partial charge on any atom is -0.494 e. The molecule has 0 aliphatic heterocycles. The van der Waals surface area contributed by atoms with Crippen LogP contribution in [0.15, 0.2) is 22.7 Å². The molecule has 17 heavy (non-hydrogen) atoms. The summed E-state index contributed by atoms with van der Waals surface area (Å²) >= 11 is 10.1. The average molecular weight is 318 g/mol. The quantitative estimate of drug-likeness (QED) is 0.668. The molecule has 0 amide bonds. The van der Waals surface area contributed by atoms with E-state index in [-0.39, 0.29) is 5.38 Å². The average Bonchev–Trinajstić information content (AvgIpc) is 2.24. The predicted octanol–water partition coefficient (Wildman–Crippen LogP) is 5.32. The van der Waals surface area contributed by atoms with Crippen LogP contribution in [0.5, 0.6) is 5.75 Å². The second-order valence-electron chi connectivity index (χ2n) is 4.62. The molecule has 0 aromatic heterocycles. The maximum absolute atomic E-state index is 6.48. The van der Waals surface area contributed by atoms with Gasteiger partial charge in [-0.2, -0.15) is 0 Å². The Labute approximate surface area is 117 Å². The third-order valence-electron chi connectivity index (χ3n) is 3.39. The molecule has 0 spiro atoms. The molecule has 2 rings (SSSR count). The van der Waals surface area contributed by atoms with Crippen molar-refractivity contribution in [1.82, 2.24) is 0 Å². The largest absolute Gasteiger partial charge is 0.494 e. The molecule has 1 unspecified atom stereocenters. The van der Waals surface area contributed by atoms with Gasteiger partial charge in [-0.15, -0.1) is 11.6 Å². The molecule has 0 bridgehead atoms.